The molecule has 1 aromatic rings. The Morgan fingerprint density at radius 3 is 2.73 bits per heavy atom. The Kier molecular flexibility index (Phi) is 3.88. The summed E-state index contributed by atoms with van der Waals surface area (Å²) in [6, 6.07) is 2.15. The highest BCUT2D eigenvalue weighted by Crippen LogP contribution is 2.32. The Balaban J connectivity index is 1.78. The van der Waals surface area contributed by atoms with Crippen LogP contribution in [-0.4, -0.2) is 19.8 Å². The fourth-order valence-electron chi connectivity index (χ4n) is 1.52. The minimum absolute atomic E-state index is 0.353. The normalized spacial score (nSPS) is 18.9. The van der Waals surface area contributed by atoms with Crippen molar-refractivity contribution in [1.82, 2.24) is 5.32 Å². The largest absolute Gasteiger partial charge is 0.380 e. The smallest absolute Gasteiger partial charge is 0.0843 e. The third-order valence-electron chi connectivity index (χ3n) is 2.45. The van der Waals surface area contributed by atoms with Crippen molar-refractivity contribution in [3.05, 3.63) is 19.2 Å². The second kappa shape index (κ2) is 4.84. The van der Waals surface area contributed by atoms with E-state index in [2.05, 4.69) is 50.2 Å². The first kappa shape index (κ1) is 12.0. The van der Waals surface area contributed by atoms with Crippen molar-refractivity contribution in [3.63, 3.8) is 0 Å². The lowest BCUT2D eigenvalue weighted by Gasteiger charge is -2.38. The molecular formula is C10H13Br2NOS. The zero-order valence-electron chi connectivity index (χ0n) is 8.48. The molecule has 1 aliphatic heterocycles. The average molecular weight is 355 g/mol. The summed E-state index contributed by atoms with van der Waals surface area (Å²) in [5.41, 5.74) is 0.353. The molecule has 0 unspecified atom stereocenters. The van der Waals surface area contributed by atoms with Crippen molar-refractivity contribution in [3.8, 4) is 0 Å². The SMILES string of the molecule is CC1(CNCc2cc(Br)c(Br)s2)COC1. The van der Waals surface area contributed by atoms with E-state index in [1.54, 1.807) is 11.3 Å². The van der Waals surface area contributed by atoms with Crippen LogP contribution in [0.25, 0.3) is 0 Å². The van der Waals surface area contributed by atoms with E-state index in [1.807, 2.05) is 0 Å². The maximum atomic E-state index is 5.21. The van der Waals surface area contributed by atoms with E-state index in [0.717, 1.165) is 34.6 Å². The van der Waals surface area contributed by atoms with Gasteiger partial charge in [-0.05, 0) is 37.9 Å². The molecule has 0 atom stereocenters. The maximum Gasteiger partial charge on any atom is 0.0843 e. The summed E-state index contributed by atoms with van der Waals surface area (Å²) in [7, 11) is 0. The fourth-order valence-corrected chi connectivity index (χ4v) is 3.67. The minimum atomic E-state index is 0.353. The van der Waals surface area contributed by atoms with Crippen molar-refractivity contribution < 1.29 is 4.74 Å². The van der Waals surface area contributed by atoms with Crippen LogP contribution in [-0.2, 0) is 11.3 Å². The molecule has 0 spiro atoms. The van der Waals surface area contributed by atoms with Crippen LogP contribution in [0.5, 0.6) is 0 Å². The Morgan fingerprint density at radius 2 is 2.27 bits per heavy atom. The topological polar surface area (TPSA) is 21.3 Å². The maximum absolute atomic E-state index is 5.21. The standard InChI is InChI=1S/C10H13Br2NOS/c1-10(5-14-6-10)4-13-3-7-2-8(11)9(12)15-7/h2,13H,3-6H2,1H3. The summed E-state index contributed by atoms with van der Waals surface area (Å²) in [5, 5.41) is 3.47. The van der Waals surface area contributed by atoms with E-state index in [4.69, 9.17) is 4.74 Å². The van der Waals surface area contributed by atoms with Crippen LogP contribution >= 0.6 is 43.2 Å². The van der Waals surface area contributed by atoms with E-state index in [0.29, 0.717) is 5.41 Å². The van der Waals surface area contributed by atoms with Crippen molar-refractivity contribution >= 4 is 43.2 Å². The first-order chi connectivity index (χ1) is 7.09. The van der Waals surface area contributed by atoms with Gasteiger partial charge in [0.1, 0.15) is 0 Å². The number of thiophene rings is 1. The molecule has 0 aromatic carbocycles. The van der Waals surface area contributed by atoms with Gasteiger partial charge >= 0.3 is 0 Å². The molecule has 0 aliphatic carbocycles. The Bertz CT molecular complexity index is 330. The molecule has 1 N–H and O–H groups in total. The molecule has 2 rings (SSSR count). The summed E-state index contributed by atoms with van der Waals surface area (Å²) in [6.07, 6.45) is 0. The van der Waals surface area contributed by atoms with Crippen LogP contribution in [0.1, 0.15) is 11.8 Å². The summed E-state index contributed by atoms with van der Waals surface area (Å²) in [6.45, 7) is 5.99. The number of hydrogen-bond donors (Lipinski definition) is 1. The van der Waals surface area contributed by atoms with Crippen molar-refractivity contribution in [1.29, 1.82) is 0 Å². The molecule has 2 heterocycles. The van der Waals surface area contributed by atoms with Crippen LogP contribution in [0.2, 0.25) is 0 Å². The van der Waals surface area contributed by atoms with Gasteiger partial charge in [0.05, 0.1) is 17.0 Å². The predicted octanol–water partition coefficient (Wildman–Crippen LogP) is 3.40. The fraction of sp³-hybridized carbons (Fsp3) is 0.600. The van der Waals surface area contributed by atoms with E-state index >= 15 is 0 Å². The van der Waals surface area contributed by atoms with E-state index in [9.17, 15) is 0 Å². The van der Waals surface area contributed by atoms with E-state index in [-0.39, 0.29) is 0 Å². The van der Waals surface area contributed by atoms with Crippen LogP contribution in [0.3, 0.4) is 0 Å². The monoisotopic (exact) mass is 353 g/mol. The lowest BCUT2D eigenvalue weighted by molar-refractivity contribution is -0.0991. The molecule has 0 radical (unpaired) electrons. The highest BCUT2D eigenvalue weighted by atomic mass is 79.9. The highest BCUT2D eigenvalue weighted by molar-refractivity contribution is 9.13. The van der Waals surface area contributed by atoms with Crippen LogP contribution in [0, 0.1) is 5.41 Å². The van der Waals surface area contributed by atoms with E-state index < -0.39 is 0 Å². The summed E-state index contributed by atoms with van der Waals surface area (Å²) in [5.74, 6) is 0. The zero-order valence-corrected chi connectivity index (χ0v) is 12.5. The first-order valence-electron chi connectivity index (χ1n) is 4.81. The number of ether oxygens (including phenoxy) is 1. The molecule has 0 bridgehead atoms. The molecule has 15 heavy (non-hydrogen) atoms. The molecule has 2 nitrogen and oxygen atoms in total. The van der Waals surface area contributed by atoms with Gasteiger partial charge in [0.2, 0.25) is 0 Å². The Labute approximate surface area is 111 Å². The summed E-state index contributed by atoms with van der Waals surface area (Å²) < 4.78 is 7.52. The van der Waals surface area contributed by atoms with Gasteiger partial charge in [-0.15, -0.1) is 11.3 Å². The number of halogens is 2. The van der Waals surface area contributed by atoms with Crippen LogP contribution in [0.4, 0.5) is 0 Å². The second-order valence-corrected chi connectivity index (χ2v) is 7.55. The summed E-state index contributed by atoms with van der Waals surface area (Å²) in [4.78, 5) is 1.34. The molecule has 1 aliphatic rings. The van der Waals surface area contributed by atoms with Gasteiger partial charge in [0.25, 0.3) is 0 Å². The Morgan fingerprint density at radius 1 is 1.53 bits per heavy atom. The molecule has 0 saturated carbocycles. The van der Waals surface area contributed by atoms with Crippen LogP contribution in [0.15, 0.2) is 14.3 Å². The minimum Gasteiger partial charge on any atom is -0.380 e. The molecule has 1 fully saturated rings. The van der Waals surface area contributed by atoms with Crippen molar-refractivity contribution in [2.24, 2.45) is 5.41 Å². The van der Waals surface area contributed by atoms with Gasteiger partial charge in [-0.25, -0.2) is 0 Å². The molecule has 1 aromatic heterocycles. The van der Waals surface area contributed by atoms with Gasteiger partial charge in [0, 0.05) is 27.9 Å². The molecule has 1 saturated heterocycles. The Hall–Kier alpha value is 0.580. The lowest BCUT2D eigenvalue weighted by atomic mass is 9.89. The molecule has 84 valence electrons. The molecular weight excluding hydrogens is 342 g/mol. The third kappa shape index (κ3) is 3.03. The van der Waals surface area contributed by atoms with Gasteiger partial charge in [-0.3, -0.25) is 0 Å². The molecule has 0 amide bonds. The first-order valence-corrected chi connectivity index (χ1v) is 7.21. The van der Waals surface area contributed by atoms with Gasteiger partial charge in [-0.1, -0.05) is 6.92 Å². The van der Waals surface area contributed by atoms with Gasteiger partial charge in [0.15, 0.2) is 0 Å². The van der Waals surface area contributed by atoms with Gasteiger partial charge in [-0.2, -0.15) is 0 Å². The summed E-state index contributed by atoms with van der Waals surface area (Å²) >= 11 is 8.75. The average Bonchev–Trinajstić information content (AvgIpc) is 2.43. The number of rotatable bonds is 4. The molecule has 5 heteroatoms. The zero-order chi connectivity index (χ0) is 10.9. The number of hydrogen-bond acceptors (Lipinski definition) is 3. The number of nitrogens with one attached hydrogen (secondary N) is 1. The van der Waals surface area contributed by atoms with Crippen molar-refractivity contribution in [2.45, 2.75) is 13.5 Å². The predicted molar refractivity (Wildman–Crippen MR) is 70.4 cm³/mol. The third-order valence-corrected chi connectivity index (χ3v) is 5.70. The highest BCUT2D eigenvalue weighted by Gasteiger charge is 2.32. The second-order valence-electron chi connectivity index (χ2n) is 4.24. The lowest BCUT2D eigenvalue weighted by Crippen LogP contribution is -2.47. The van der Waals surface area contributed by atoms with Crippen LogP contribution < -0.4 is 5.32 Å². The quantitative estimate of drug-likeness (QED) is 0.894. The van der Waals surface area contributed by atoms with Gasteiger partial charge < -0.3 is 10.1 Å². The van der Waals surface area contributed by atoms with Crippen molar-refractivity contribution in [2.75, 3.05) is 19.8 Å². The van der Waals surface area contributed by atoms with E-state index in [1.165, 1.54) is 4.88 Å².